The number of carboxylic acid groups (broad SMARTS) is 1. The minimum absolute atomic E-state index is 0.141. The van der Waals surface area contributed by atoms with Crippen molar-refractivity contribution in [1.82, 2.24) is 4.98 Å². The second kappa shape index (κ2) is 5.08. The predicted octanol–water partition coefficient (Wildman–Crippen LogP) is 3.58. The van der Waals surface area contributed by atoms with Crippen LogP contribution in [0.3, 0.4) is 0 Å². The highest BCUT2D eigenvalue weighted by Crippen LogP contribution is 2.47. The van der Waals surface area contributed by atoms with Gasteiger partial charge in [-0.05, 0) is 49.7 Å². The van der Waals surface area contributed by atoms with Gasteiger partial charge in [-0.25, -0.2) is 0 Å². The molecule has 0 fully saturated rings. The molecule has 0 spiro atoms. The van der Waals surface area contributed by atoms with Gasteiger partial charge in [0.15, 0.2) is 0 Å². The Balaban J connectivity index is 1.82. The molecule has 23 heavy (non-hydrogen) atoms. The predicted molar refractivity (Wildman–Crippen MR) is 90.4 cm³/mol. The van der Waals surface area contributed by atoms with Crippen LogP contribution in [0, 0.1) is 12.8 Å². The summed E-state index contributed by atoms with van der Waals surface area (Å²) in [5.41, 5.74) is 12.8. The zero-order chi connectivity index (χ0) is 16.1. The lowest BCUT2D eigenvalue weighted by Gasteiger charge is -2.35. The lowest BCUT2D eigenvalue weighted by molar-refractivity contribution is -0.136. The van der Waals surface area contributed by atoms with Crippen LogP contribution in [0.4, 0.5) is 5.69 Å². The van der Waals surface area contributed by atoms with Crippen LogP contribution < -0.4 is 5.73 Å². The third-order valence-electron chi connectivity index (χ3n) is 5.11. The highest BCUT2D eigenvalue weighted by atomic mass is 16.4. The Hall–Kier alpha value is -2.36. The molecule has 4 nitrogen and oxygen atoms in total. The quantitative estimate of drug-likeness (QED) is 0.831. The number of nitrogens with two attached hydrogens (primary N) is 1. The molecule has 118 valence electrons. The third-order valence-corrected chi connectivity index (χ3v) is 5.11. The SMILES string of the molecule is Cc1ccc2c(N)c3c(nc2c1)CC1C=C(CC(=O)O)CC3C1. The van der Waals surface area contributed by atoms with Gasteiger partial charge in [0.2, 0.25) is 0 Å². The summed E-state index contributed by atoms with van der Waals surface area (Å²) >= 11 is 0. The van der Waals surface area contributed by atoms with Gasteiger partial charge in [0.05, 0.1) is 11.9 Å². The number of benzene rings is 1. The summed E-state index contributed by atoms with van der Waals surface area (Å²) in [7, 11) is 0. The molecule has 2 atom stereocenters. The van der Waals surface area contributed by atoms with Gasteiger partial charge in [-0.2, -0.15) is 0 Å². The van der Waals surface area contributed by atoms with Crippen LogP contribution >= 0.6 is 0 Å². The molecule has 1 heterocycles. The zero-order valence-electron chi connectivity index (χ0n) is 13.2. The number of carbonyl (C=O) groups is 1. The molecule has 4 rings (SSSR count). The summed E-state index contributed by atoms with van der Waals surface area (Å²) in [4.78, 5) is 15.9. The minimum Gasteiger partial charge on any atom is -0.481 e. The maximum absolute atomic E-state index is 11.0. The van der Waals surface area contributed by atoms with Crippen molar-refractivity contribution in [3.63, 3.8) is 0 Å². The molecule has 1 aromatic heterocycles. The van der Waals surface area contributed by atoms with E-state index in [-0.39, 0.29) is 6.42 Å². The van der Waals surface area contributed by atoms with E-state index < -0.39 is 5.97 Å². The average Bonchev–Trinajstić information content (AvgIpc) is 2.45. The molecule has 2 aromatic rings. The second-order valence-corrected chi connectivity index (χ2v) is 6.90. The maximum Gasteiger partial charge on any atom is 0.307 e. The number of hydrogen-bond donors (Lipinski definition) is 2. The molecule has 2 aliphatic rings. The van der Waals surface area contributed by atoms with Crippen molar-refractivity contribution in [1.29, 1.82) is 0 Å². The van der Waals surface area contributed by atoms with Crippen molar-refractivity contribution in [2.75, 3.05) is 5.73 Å². The largest absolute Gasteiger partial charge is 0.481 e. The number of anilines is 1. The van der Waals surface area contributed by atoms with E-state index in [2.05, 4.69) is 31.2 Å². The lowest BCUT2D eigenvalue weighted by atomic mass is 9.70. The van der Waals surface area contributed by atoms with Gasteiger partial charge in [0.25, 0.3) is 0 Å². The Morgan fingerprint density at radius 1 is 1.39 bits per heavy atom. The maximum atomic E-state index is 11.0. The molecule has 0 amide bonds. The smallest absolute Gasteiger partial charge is 0.307 e. The van der Waals surface area contributed by atoms with E-state index in [1.54, 1.807) is 0 Å². The molecule has 0 saturated carbocycles. The van der Waals surface area contributed by atoms with Gasteiger partial charge < -0.3 is 10.8 Å². The van der Waals surface area contributed by atoms with Crippen LogP contribution in [-0.4, -0.2) is 16.1 Å². The van der Waals surface area contributed by atoms with Crippen LogP contribution in [0.1, 0.15) is 42.0 Å². The van der Waals surface area contributed by atoms with Crippen LogP contribution in [0.5, 0.6) is 0 Å². The number of aliphatic carboxylic acids is 1. The molecule has 3 N–H and O–H groups in total. The number of allylic oxidation sites excluding steroid dienone is 1. The third kappa shape index (κ3) is 2.38. The second-order valence-electron chi connectivity index (χ2n) is 6.90. The van der Waals surface area contributed by atoms with Crippen molar-refractivity contribution >= 4 is 22.6 Å². The highest BCUT2D eigenvalue weighted by Gasteiger charge is 2.34. The molecule has 0 saturated heterocycles. The number of pyridine rings is 1. The van der Waals surface area contributed by atoms with Gasteiger partial charge >= 0.3 is 5.97 Å². The van der Waals surface area contributed by atoms with E-state index in [1.807, 2.05) is 0 Å². The van der Waals surface area contributed by atoms with Crippen molar-refractivity contribution < 1.29 is 9.90 Å². The van der Waals surface area contributed by atoms with E-state index in [0.29, 0.717) is 11.8 Å². The summed E-state index contributed by atoms with van der Waals surface area (Å²) in [5, 5.41) is 10.1. The number of aryl methyl sites for hydroxylation is 1. The number of nitrogen functional groups attached to an aromatic ring is 1. The summed E-state index contributed by atoms with van der Waals surface area (Å²) in [6.45, 7) is 2.06. The topological polar surface area (TPSA) is 76.2 Å². The summed E-state index contributed by atoms with van der Waals surface area (Å²) in [6.07, 6.45) is 5.01. The van der Waals surface area contributed by atoms with Crippen LogP contribution in [0.15, 0.2) is 29.8 Å². The van der Waals surface area contributed by atoms with E-state index in [0.717, 1.165) is 52.7 Å². The Kier molecular flexibility index (Phi) is 3.15. The minimum atomic E-state index is -0.753. The molecule has 4 heteroatoms. The number of rotatable bonds is 2. The fraction of sp³-hybridized carbons (Fsp3) is 0.368. The van der Waals surface area contributed by atoms with Gasteiger partial charge in [0.1, 0.15) is 0 Å². The highest BCUT2D eigenvalue weighted by molar-refractivity contribution is 5.93. The Labute approximate surface area is 135 Å². The molecule has 2 unspecified atom stereocenters. The van der Waals surface area contributed by atoms with Gasteiger partial charge in [0, 0.05) is 22.3 Å². The molecule has 0 radical (unpaired) electrons. The zero-order valence-corrected chi connectivity index (χ0v) is 13.2. The number of carboxylic acids is 1. The summed E-state index contributed by atoms with van der Waals surface area (Å²) in [6, 6.07) is 6.20. The first-order chi connectivity index (χ1) is 11.0. The number of fused-ring (bicyclic) bond motifs is 5. The fourth-order valence-electron chi connectivity index (χ4n) is 4.25. The van der Waals surface area contributed by atoms with Crippen LogP contribution in [0.25, 0.3) is 10.9 Å². The number of hydrogen-bond acceptors (Lipinski definition) is 3. The van der Waals surface area contributed by atoms with E-state index in [4.69, 9.17) is 15.8 Å². The van der Waals surface area contributed by atoms with Crippen LogP contribution in [0.2, 0.25) is 0 Å². The average molecular weight is 308 g/mol. The normalized spacial score (nSPS) is 22.6. The van der Waals surface area contributed by atoms with Gasteiger partial charge in [-0.1, -0.05) is 23.8 Å². The molecule has 0 aliphatic heterocycles. The Bertz CT molecular complexity index is 854. The first-order valence-electron chi connectivity index (χ1n) is 8.11. The van der Waals surface area contributed by atoms with Crippen molar-refractivity contribution in [3.05, 3.63) is 46.7 Å². The van der Waals surface area contributed by atoms with E-state index in [1.165, 1.54) is 5.56 Å². The number of aromatic nitrogens is 1. The van der Waals surface area contributed by atoms with E-state index in [9.17, 15) is 4.79 Å². The molecular formula is C19H20N2O2. The lowest BCUT2D eigenvalue weighted by Crippen LogP contribution is -2.25. The number of nitrogens with zero attached hydrogens (tertiary/aromatic N) is 1. The Morgan fingerprint density at radius 2 is 2.22 bits per heavy atom. The first kappa shape index (κ1) is 14.2. The van der Waals surface area contributed by atoms with Crippen LogP contribution in [-0.2, 0) is 11.2 Å². The van der Waals surface area contributed by atoms with Gasteiger partial charge in [-0.3, -0.25) is 9.78 Å². The molecule has 2 bridgehead atoms. The van der Waals surface area contributed by atoms with Crippen molar-refractivity contribution in [3.8, 4) is 0 Å². The Morgan fingerprint density at radius 3 is 3.00 bits per heavy atom. The summed E-state index contributed by atoms with van der Waals surface area (Å²) < 4.78 is 0. The van der Waals surface area contributed by atoms with E-state index >= 15 is 0 Å². The molecular weight excluding hydrogens is 288 g/mol. The fourth-order valence-corrected chi connectivity index (χ4v) is 4.25. The monoisotopic (exact) mass is 308 g/mol. The van der Waals surface area contributed by atoms with Crippen molar-refractivity contribution in [2.45, 2.75) is 38.5 Å². The molecule has 1 aromatic carbocycles. The molecule has 2 aliphatic carbocycles. The standard InChI is InChI=1S/C19H20N2O2/c1-10-2-3-14-15(4-10)21-16-8-11-5-12(9-17(22)23)7-13(6-11)18(16)19(14)20/h2-5,11,13H,6-9H2,1H3,(H2,20,21)(H,22,23). The first-order valence-corrected chi connectivity index (χ1v) is 8.11. The van der Waals surface area contributed by atoms with Gasteiger partial charge in [-0.15, -0.1) is 0 Å². The van der Waals surface area contributed by atoms with Crippen molar-refractivity contribution in [2.24, 2.45) is 5.92 Å². The summed E-state index contributed by atoms with van der Waals surface area (Å²) in [5.74, 6) is -0.0532.